The van der Waals surface area contributed by atoms with E-state index in [9.17, 15) is 0 Å². The zero-order valence-corrected chi connectivity index (χ0v) is 14.0. The van der Waals surface area contributed by atoms with Gasteiger partial charge in [0.15, 0.2) is 0 Å². The second-order valence-electron chi connectivity index (χ2n) is 7.39. The standard InChI is InChI=1S/C19H29NO2/c1-18(2)16-19(9-13-22-18,17-6-4-3-5-7-17)8-10-20-11-14-21-15-12-20/h3-7H,8-16H2,1-2H3. The first-order valence-corrected chi connectivity index (χ1v) is 8.59. The monoisotopic (exact) mass is 303 g/mol. The van der Waals surface area contributed by atoms with Crippen molar-refractivity contribution >= 4 is 0 Å². The third-order valence-corrected chi connectivity index (χ3v) is 5.23. The maximum absolute atomic E-state index is 6.00. The number of morpholine rings is 1. The Hall–Kier alpha value is -0.900. The molecule has 1 aromatic rings. The number of hydrogen-bond acceptors (Lipinski definition) is 3. The van der Waals surface area contributed by atoms with Gasteiger partial charge in [-0.1, -0.05) is 30.3 Å². The van der Waals surface area contributed by atoms with Crippen molar-refractivity contribution < 1.29 is 9.47 Å². The van der Waals surface area contributed by atoms with Crippen LogP contribution in [0.15, 0.2) is 30.3 Å². The van der Waals surface area contributed by atoms with E-state index in [-0.39, 0.29) is 11.0 Å². The summed E-state index contributed by atoms with van der Waals surface area (Å²) in [5, 5.41) is 0. The van der Waals surface area contributed by atoms with Crippen molar-refractivity contribution in [2.75, 3.05) is 39.5 Å². The molecule has 0 radical (unpaired) electrons. The minimum atomic E-state index is -0.0287. The van der Waals surface area contributed by atoms with Crippen LogP contribution < -0.4 is 0 Å². The van der Waals surface area contributed by atoms with Crippen LogP contribution in [0.4, 0.5) is 0 Å². The quantitative estimate of drug-likeness (QED) is 0.852. The van der Waals surface area contributed by atoms with Gasteiger partial charge in [0, 0.05) is 25.1 Å². The summed E-state index contributed by atoms with van der Waals surface area (Å²) >= 11 is 0. The summed E-state index contributed by atoms with van der Waals surface area (Å²) < 4.78 is 11.5. The first-order valence-electron chi connectivity index (χ1n) is 8.59. The molecule has 2 aliphatic rings. The fourth-order valence-corrected chi connectivity index (χ4v) is 4.07. The van der Waals surface area contributed by atoms with Crippen molar-refractivity contribution in [1.82, 2.24) is 4.90 Å². The Bertz CT molecular complexity index is 468. The van der Waals surface area contributed by atoms with Gasteiger partial charge in [0.2, 0.25) is 0 Å². The summed E-state index contributed by atoms with van der Waals surface area (Å²) in [6, 6.07) is 11.1. The van der Waals surface area contributed by atoms with Gasteiger partial charge in [-0.15, -0.1) is 0 Å². The molecule has 22 heavy (non-hydrogen) atoms. The third-order valence-electron chi connectivity index (χ3n) is 5.23. The summed E-state index contributed by atoms with van der Waals surface area (Å²) in [6.45, 7) is 10.4. The van der Waals surface area contributed by atoms with E-state index < -0.39 is 0 Å². The van der Waals surface area contributed by atoms with Crippen LogP contribution in [0.25, 0.3) is 0 Å². The summed E-state index contributed by atoms with van der Waals surface area (Å²) in [6.07, 6.45) is 3.45. The lowest BCUT2D eigenvalue weighted by Gasteiger charge is -2.46. The molecule has 3 rings (SSSR count). The van der Waals surface area contributed by atoms with Crippen LogP contribution in [0.5, 0.6) is 0 Å². The van der Waals surface area contributed by atoms with Crippen LogP contribution in [0.2, 0.25) is 0 Å². The molecule has 2 saturated heterocycles. The van der Waals surface area contributed by atoms with Gasteiger partial charge in [-0.2, -0.15) is 0 Å². The maximum atomic E-state index is 6.00. The van der Waals surface area contributed by atoms with E-state index in [0.29, 0.717) is 0 Å². The van der Waals surface area contributed by atoms with E-state index in [2.05, 4.69) is 49.1 Å². The van der Waals surface area contributed by atoms with E-state index in [4.69, 9.17) is 9.47 Å². The Labute approximate surface area is 134 Å². The molecule has 0 aliphatic carbocycles. The smallest absolute Gasteiger partial charge is 0.0635 e. The minimum absolute atomic E-state index is 0.0287. The van der Waals surface area contributed by atoms with E-state index in [1.54, 1.807) is 0 Å². The van der Waals surface area contributed by atoms with E-state index in [1.165, 1.54) is 12.0 Å². The molecule has 2 heterocycles. The number of benzene rings is 1. The highest BCUT2D eigenvalue weighted by atomic mass is 16.5. The average molecular weight is 303 g/mol. The van der Waals surface area contributed by atoms with E-state index >= 15 is 0 Å². The first-order chi connectivity index (χ1) is 10.6. The van der Waals surface area contributed by atoms with Gasteiger partial charge >= 0.3 is 0 Å². The Kier molecular flexibility index (Phi) is 4.86. The van der Waals surface area contributed by atoms with Crippen molar-refractivity contribution in [2.45, 2.75) is 44.1 Å². The second kappa shape index (κ2) is 6.69. The van der Waals surface area contributed by atoms with Gasteiger partial charge in [-0.25, -0.2) is 0 Å². The molecule has 3 heteroatoms. The molecule has 0 spiro atoms. The fourth-order valence-electron chi connectivity index (χ4n) is 4.07. The summed E-state index contributed by atoms with van der Waals surface area (Å²) in [5.41, 5.74) is 1.71. The molecule has 1 aromatic carbocycles. The van der Waals surface area contributed by atoms with E-state index in [1.807, 2.05) is 0 Å². The Balaban J connectivity index is 1.77. The summed E-state index contributed by atoms with van der Waals surface area (Å²) in [5.74, 6) is 0. The number of ether oxygens (including phenoxy) is 2. The van der Waals surface area contributed by atoms with E-state index in [0.717, 1.165) is 52.3 Å². The van der Waals surface area contributed by atoms with Crippen LogP contribution in [0.1, 0.15) is 38.7 Å². The third kappa shape index (κ3) is 3.70. The van der Waals surface area contributed by atoms with Gasteiger partial charge in [-0.05, 0) is 45.2 Å². The van der Waals surface area contributed by atoms with Gasteiger partial charge in [0.1, 0.15) is 0 Å². The number of hydrogen-bond donors (Lipinski definition) is 0. The fraction of sp³-hybridized carbons (Fsp3) is 0.684. The normalized spacial score (nSPS) is 29.4. The second-order valence-corrected chi connectivity index (χ2v) is 7.39. The summed E-state index contributed by atoms with van der Waals surface area (Å²) in [4.78, 5) is 2.55. The molecular weight excluding hydrogens is 274 g/mol. The van der Waals surface area contributed by atoms with Crippen molar-refractivity contribution in [3.05, 3.63) is 35.9 Å². The molecule has 0 N–H and O–H groups in total. The molecule has 122 valence electrons. The highest BCUT2D eigenvalue weighted by Gasteiger charge is 2.41. The highest BCUT2D eigenvalue weighted by Crippen LogP contribution is 2.44. The van der Waals surface area contributed by atoms with Gasteiger partial charge in [-0.3, -0.25) is 4.90 Å². The minimum Gasteiger partial charge on any atom is -0.379 e. The van der Waals surface area contributed by atoms with Gasteiger partial charge < -0.3 is 9.47 Å². The van der Waals surface area contributed by atoms with Crippen molar-refractivity contribution in [2.24, 2.45) is 0 Å². The number of nitrogens with zero attached hydrogens (tertiary/aromatic N) is 1. The van der Waals surface area contributed by atoms with Crippen LogP contribution in [-0.2, 0) is 14.9 Å². The predicted molar refractivity (Wildman–Crippen MR) is 89.3 cm³/mol. The summed E-state index contributed by atoms with van der Waals surface area (Å²) in [7, 11) is 0. The Morgan fingerprint density at radius 3 is 2.45 bits per heavy atom. The molecule has 0 aromatic heterocycles. The predicted octanol–water partition coefficient (Wildman–Crippen LogP) is 3.24. The van der Waals surface area contributed by atoms with Crippen molar-refractivity contribution in [3.8, 4) is 0 Å². The largest absolute Gasteiger partial charge is 0.379 e. The van der Waals surface area contributed by atoms with Gasteiger partial charge in [0.25, 0.3) is 0 Å². The lowest BCUT2D eigenvalue weighted by molar-refractivity contribution is -0.0863. The molecule has 2 aliphatic heterocycles. The van der Waals surface area contributed by atoms with Gasteiger partial charge in [0.05, 0.1) is 18.8 Å². The molecule has 3 nitrogen and oxygen atoms in total. The van der Waals surface area contributed by atoms with Crippen LogP contribution in [-0.4, -0.2) is 50.0 Å². The Morgan fingerprint density at radius 2 is 1.77 bits per heavy atom. The zero-order valence-electron chi connectivity index (χ0n) is 14.0. The molecule has 1 atom stereocenters. The van der Waals surface area contributed by atoms with Crippen molar-refractivity contribution in [1.29, 1.82) is 0 Å². The van der Waals surface area contributed by atoms with Crippen molar-refractivity contribution in [3.63, 3.8) is 0 Å². The topological polar surface area (TPSA) is 21.7 Å². The lowest BCUT2D eigenvalue weighted by atomic mass is 9.67. The first kappa shape index (κ1) is 16.0. The SMILES string of the molecule is CC1(C)CC(CCN2CCOCC2)(c2ccccc2)CCO1. The van der Waals surface area contributed by atoms with Crippen LogP contribution in [0.3, 0.4) is 0 Å². The van der Waals surface area contributed by atoms with Crippen LogP contribution >= 0.6 is 0 Å². The highest BCUT2D eigenvalue weighted by molar-refractivity contribution is 5.27. The average Bonchev–Trinajstić information content (AvgIpc) is 2.54. The Morgan fingerprint density at radius 1 is 1.05 bits per heavy atom. The number of rotatable bonds is 4. The zero-order chi connectivity index (χ0) is 15.5. The molecule has 0 bridgehead atoms. The molecule has 1 unspecified atom stereocenters. The lowest BCUT2D eigenvalue weighted by Crippen LogP contribution is -2.46. The molecule has 0 saturated carbocycles. The molecule has 2 fully saturated rings. The maximum Gasteiger partial charge on any atom is 0.0635 e. The van der Waals surface area contributed by atoms with Crippen LogP contribution in [0, 0.1) is 0 Å². The molecular formula is C19H29NO2. The molecule has 0 amide bonds.